The summed E-state index contributed by atoms with van der Waals surface area (Å²) in [5.74, 6) is -2.11. The van der Waals surface area contributed by atoms with Gasteiger partial charge in [0.25, 0.3) is 0 Å². The Morgan fingerprint density at radius 1 is 0.411 bits per heavy atom. The number of unbranched alkanes of at least 4 members (excludes halogenated alkanes) is 3. The number of amides is 6. The fraction of sp³-hybridized carbons (Fsp3) is 0.816. The summed E-state index contributed by atoms with van der Waals surface area (Å²) in [6.07, 6.45) is 0.343. The monoisotopic (exact) mass is 803 g/mol. The molecule has 0 heterocycles. The molecule has 0 aromatic heterocycles. The Morgan fingerprint density at radius 2 is 0.679 bits per heavy atom. The Morgan fingerprint density at radius 3 is 0.982 bits per heavy atom. The van der Waals surface area contributed by atoms with Gasteiger partial charge in [0.05, 0.1) is 0 Å². The van der Waals surface area contributed by atoms with Crippen LogP contribution in [0.4, 0.5) is 19.2 Å². The van der Waals surface area contributed by atoms with Crippen molar-refractivity contribution in [2.24, 2.45) is 0 Å². The fourth-order valence-electron chi connectivity index (χ4n) is 4.74. The van der Waals surface area contributed by atoms with Crippen molar-refractivity contribution in [2.45, 2.75) is 181 Å². The standard InChI is InChI=1S/C38H70N6O12/c1-35(2,3)53-31(49)41-24-18-14-20-26(43-33(51)55-37(7,8)9)29(46)39-22-16-13-19-25(42-32(50)54-36(4,5)6)28(45)40-23-17-15-21-27(30(47)48)44-34(52)56-38(10,11)12/h25-27H,13-24H2,1-12H3,(H,39,46)(H,40,45)(H,41,49)(H,42,50)(H,43,51)(H,44,52)(H,47,48)/t25-,26-,27-/m0/s1. The van der Waals surface area contributed by atoms with Crippen LogP contribution in [0, 0.1) is 0 Å². The quantitative estimate of drug-likeness (QED) is 0.0597. The number of carboxylic acids is 1. The van der Waals surface area contributed by atoms with Gasteiger partial charge < -0.3 is 56.0 Å². The Balaban J connectivity index is 5.18. The number of carbonyl (C=O) groups excluding carboxylic acids is 6. The topological polar surface area (TPSA) is 249 Å². The Hall–Kier alpha value is -4.51. The second-order valence-electron chi connectivity index (χ2n) is 17.4. The van der Waals surface area contributed by atoms with Gasteiger partial charge in [-0.1, -0.05) is 0 Å². The highest BCUT2D eigenvalue weighted by Gasteiger charge is 2.27. The molecule has 0 aromatic carbocycles. The third-order valence-corrected chi connectivity index (χ3v) is 7.03. The summed E-state index contributed by atoms with van der Waals surface area (Å²) >= 11 is 0. The molecule has 0 bridgehead atoms. The van der Waals surface area contributed by atoms with Crippen molar-refractivity contribution in [3.05, 3.63) is 0 Å². The molecule has 6 amide bonds. The van der Waals surface area contributed by atoms with Gasteiger partial charge in [-0.05, 0) is 141 Å². The molecule has 56 heavy (non-hydrogen) atoms. The third-order valence-electron chi connectivity index (χ3n) is 7.03. The highest BCUT2D eigenvalue weighted by atomic mass is 16.6. The Labute approximate surface area is 332 Å². The van der Waals surface area contributed by atoms with E-state index in [1.165, 1.54) is 0 Å². The summed E-state index contributed by atoms with van der Waals surface area (Å²) in [6, 6.07) is -3.03. The van der Waals surface area contributed by atoms with Gasteiger partial charge in [0.2, 0.25) is 11.8 Å². The van der Waals surface area contributed by atoms with E-state index in [-0.39, 0.29) is 32.4 Å². The molecule has 7 N–H and O–H groups in total. The molecule has 0 unspecified atom stereocenters. The largest absolute Gasteiger partial charge is 0.480 e. The number of nitrogens with one attached hydrogen (secondary N) is 6. The molecule has 0 aliphatic carbocycles. The zero-order valence-electron chi connectivity index (χ0n) is 35.7. The smallest absolute Gasteiger partial charge is 0.408 e. The van der Waals surface area contributed by atoms with Crippen molar-refractivity contribution in [3.8, 4) is 0 Å². The average Bonchev–Trinajstić information content (AvgIpc) is 2.98. The maximum Gasteiger partial charge on any atom is 0.408 e. The van der Waals surface area contributed by atoms with Crippen molar-refractivity contribution < 1.29 is 57.6 Å². The lowest BCUT2D eigenvalue weighted by Crippen LogP contribution is -2.49. The van der Waals surface area contributed by atoms with Gasteiger partial charge >= 0.3 is 30.3 Å². The number of carbonyl (C=O) groups is 7. The normalized spacial score (nSPS) is 13.5. The van der Waals surface area contributed by atoms with Gasteiger partial charge in [0.15, 0.2) is 0 Å². The minimum atomic E-state index is -1.21. The zero-order chi connectivity index (χ0) is 43.3. The summed E-state index contributed by atoms with van der Waals surface area (Å²) in [5, 5.41) is 25.3. The minimum Gasteiger partial charge on any atom is -0.480 e. The van der Waals surface area contributed by atoms with E-state index in [1.807, 2.05) is 0 Å². The van der Waals surface area contributed by atoms with Crippen LogP contribution in [0.3, 0.4) is 0 Å². The molecule has 0 fully saturated rings. The van der Waals surface area contributed by atoms with Crippen LogP contribution in [0.15, 0.2) is 0 Å². The summed E-state index contributed by atoms with van der Waals surface area (Å²) in [4.78, 5) is 86.9. The SMILES string of the molecule is CC(C)(C)OC(=O)NCCCC[C@H](NC(=O)OC(C)(C)C)C(=O)NCCCC[C@H](NC(=O)OC(C)(C)C)C(=O)NCCCC[C@H](NC(=O)OC(C)(C)C)C(=O)O. The molecule has 0 saturated carbocycles. The van der Waals surface area contributed by atoms with E-state index < -0.39 is 82.7 Å². The first-order chi connectivity index (χ1) is 25.6. The van der Waals surface area contributed by atoms with Crippen molar-refractivity contribution >= 4 is 42.2 Å². The van der Waals surface area contributed by atoms with Gasteiger partial charge in [-0.25, -0.2) is 24.0 Å². The van der Waals surface area contributed by atoms with Crippen LogP contribution in [0.5, 0.6) is 0 Å². The van der Waals surface area contributed by atoms with Crippen LogP contribution in [-0.4, -0.2) is 107 Å². The molecule has 0 saturated heterocycles. The van der Waals surface area contributed by atoms with E-state index in [4.69, 9.17) is 18.9 Å². The van der Waals surface area contributed by atoms with Crippen molar-refractivity contribution in [2.75, 3.05) is 19.6 Å². The molecule has 0 spiro atoms. The van der Waals surface area contributed by atoms with Crippen molar-refractivity contribution in [1.29, 1.82) is 0 Å². The van der Waals surface area contributed by atoms with E-state index >= 15 is 0 Å². The number of carboxylic acid groups (broad SMARTS) is 1. The van der Waals surface area contributed by atoms with Gasteiger partial charge in [0.1, 0.15) is 40.5 Å². The zero-order valence-corrected chi connectivity index (χ0v) is 35.7. The lowest BCUT2D eigenvalue weighted by molar-refractivity contribution is -0.139. The molecule has 3 atom stereocenters. The predicted molar refractivity (Wildman–Crippen MR) is 209 cm³/mol. The molecule has 0 aromatic rings. The number of ether oxygens (including phenoxy) is 4. The molecule has 0 rings (SSSR count). The number of hydrogen-bond acceptors (Lipinski definition) is 11. The number of aliphatic carboxylic acids is 1. The molecular formula is C38H70N6O12. The molecule has 324 valence electrons. The fourth-order valence-corrected chi connectivity index (χ4v) is 4.74. The van der Waals surface area contributed by atoms with Crippen molar-refractivity contribution in [1.82, 2.24) is 31.9 Å². The lowest BCUT2D eigenvalue weighted by Gasteiger charge is -2.24. The van der Waals surface area contributed by atoms with Gasteiger partial charge in [0, 0.05) is 19.6 Å². The minimum absolute atomic E-state index is 0.106. The first-order valence-corrected chi connectivity index (χ1v) is 19.3. The van der Waals surface area contributed by atoms with Crippen LogP contribution < -0.4 is 31.9 Å². The van der Waals surface area contributed by atoms with Crippen LogP contribution >= 0.6 is 0 Å². The Bertz CT molecular complexity index is 1280. The maximum absolute atomic E-state index is 13.1. The Kier molecular flexibility index (Phi) is 22.2. The van der Waals surface area contributed by atoms with E-state index in [9.17, 15) is 38.7 Å². The molecule has 0 radical (unpaired) electrons. The van der Waals surface area contributed by atoms with E-state index in [2.05, 4.69) is 31.9 Å². The molecular weight excluding hydrogens is 732 g/mol. The first-order valence-electron chi connectivity index (χ1n) is 19.3. The summed E-state index contributed by atoms with van der Waals surface area (Å²) in [5.41, 5.74) is -3.00. The predicted octanol–water partition coefficient (Wildman–Crippen LogP) is 5.02. The lowest BCUT2D eigenvalue weighted by atomic mass is 10.1. The molecule has 0 aliphatic heterocycles. The second-order valence-corrected chi connectivity index (χ2v) is 17.4. The van der Waals surface area contributed by atoms with E-state index in [0.29, 0.717) is 45.1 Å². The van der Waals surface area contributed by atoms with Crippen LogP contribution in [-0.2, 0) is 33.3 Å². The molecule has 18 heteroatoms. The summed E-state index contributed by atoms with van der Waals surface area (Å²) in [7, 11) is 0. The number of rotatable bonds is 21. The first kappa shape index (κ1) is 51.5. The second kappa shape index (κ2) is 24.2. The van der Waals surface area contributed by atoms with Gasteiger partial charge in [-0.15, -0.1) is 0 Å². The van der Waals surface area contributed by atoms with Gasteiger partial charge in [-0.2, -0.15) is 0 Å². The highest BCUT2D eigenvalue weighted by molar-refractivity contribution is 5.86. The van der Waals surface area contributed by atoms with E-state index in [1.54, 1.807) is 83.1 Å². The van der Waals surface area contributed by atoms with Crippen molar-refractivity contribution in [3.63, 3.8) is 0 Å². The molecule has 18 nitrogen and oxygen atoms in total. The highest BCUT2D eigenvalue weighted by Crippen LogP contribution is 2.12. The van der Waals surface area contributed by atoms with Crippen LogP contribution in [0.2, 0.25) is 0 Å². The van der Waals surface area contributed by atoms with Crippen LogP contribution in [0.1, 0.15) is 141 Å². The summed E-state index contributed by atoms with van der Waals surface area (Å²) in [6.45, 7) is 21.2. The molecule has 0 aliphatic rings. The average molecular weight is 803 g/mol. The number of alkyl carbamates (subject to hydrolysis) is 4. The maximum atomic E-state index is 13.1. The number of hydrogen-bond donors (Lipinski definition) is 7. The third kappa shape index (κ3) is 28.9. The van der Waals surface area contributed by atoms with Crippen LogP contribution in [0.25, 0.3) is 0 Å². The summed E-state index contributed by atoms with van der Waals surface area (Å²) < 4.78 is 21.0. The van der Waals surface area contributed by atoms with Gasteiger partial charge in [-0.3, -0.25) is 9.59 Å². The van der Waals surface area contributed by atoms with E-state index in [0.717, 1.165) is 0 Å².